The molecule has 1 N–H and O–H groups in total. The molecule has 1 aliphatic heterocycles. The Morgan fingerprint density at radius 1 is 1.14 bits per heavy atom. The molecule has 0 saturated heterocycles. The van der Waals surface area contributed by atoms with Crippen molar-refractivity contribution in [2.45, 2.75) is 64.0 Å². The lowest BCUT2D eigenvalue weighted by atomic mass is 9.68. The molecule has 0 spiro atoms. The maximum atomic E-state index is 12.9. The highest BCUT2D eigenvalue weighted by atomic mass is 16.6. The first-order chi connectivity index (χ1) is 13.6. The summed E-state index contributed by atoms with van der Waals surface area (Å²) in [6.45, 7) is 6.05. The van der Waals surface area contributed by atoms with Gasteiger partial charge in [-0.3, -0.25) is 14.5 Å². The third kappa shape index (κ3) is 2.87. The van der Waals surface area contributed by atoms with E-state index >= 15 is 0 Å². The van der Waals surface area contributed by atoms with Gasteiger partial charge >= 0.3 is 6.09 Å². The molecule has 5 aliphatic rings. The van der Waals surface area contributed by atoms with Crippen molar-refractivity contribution in [2.24, 2.45) is 17.3 Å². The smallest absolute Gasteiger partial charge is 0.408 e. The van der Waals surface area contributed by atoms with Crippen LogP contribution in [-0.2, 0) is 4.74 Å². The Morgan fingerprint density at radius 2 is 1.79 bits per heavy atom. The molecule has 0 radical (unpaired) electrons. The highest BCUT2D eigenvalue weighted by Crippen LogP contribution is 2.66. The number of hydrogen-bond acceptors (Lipinski definition) is 4. The summed E-state index contributed by atoms with van der Waals surface area (Å²) in [5.41, 5.74) is 0.115. The van der Waals surface area contributed by atoms with Gasteiger partial charge in [-0.15, -0.1) is 0 Å². The van der Waals surface area contributed by atoms with E-state index in [4.69, 9.17) is 4.74 Å². The Labute approximate surface area is 171 Å². The number of fused-ring (bicyclic) bond motifs is 1. The van der Waals surface area contributed by atoms with Crippen molar-refractivity contribution in [1.29, 1.82) is 0 Å². The summed E-state index contributed by atoms with van der Waals surface area (Å²) in [7, 11) is 0. The number of nitrogens with one attached hydrogen (secondary N) is 1. The van der Waals surface area contributed by atoms with Crippen LogP contribution < -0.4 is 5.32 Å². The van der Waals surface area contributed by atoms with Crippen molar-refractivity contribution in [3.05, 3.63) is 35.4 Å². The normalized spacial score (nSPS) is 34.7. The summed E-state index contributed by atoms with van der Waals surface area (Å²) < 4.78 is 5.53. The molecule has 154 valence electrons. The average molecular weight is 396 g/mol. The van der Waals surface area contributed by atoms with Crippen LogP contribution in [0.4, 0.5) is 4.79 Å². The highest BCUT2D eigenvalue weighted by molar-refractivity contribution is 6.21. The van der Waals surface area contributed by atoms with Crippen LogP contribution in [-0.4, -0.2) is 40.5 Å². The molecule has 1 aromatic carbocycles. The molecule has 29 heavy (non-hydrogen) atoms. The Kier molecular flexibility index (Phi) is 3.75. The summed E-state index contributed by atoms with van der Waals surface area (Å²) >= 11 is 0. The zero-order valence-corrected chi connectivity index (χ0v) is 17.3. The molecular weight excluding hydrogens is 368 g/mol. The number of imide groups is 1. The summed E-state index contributed by atoms with van der Waals surface area (Å²) in [6, 6.07) is 7.06. The number of benzene rings is 1. The summed E-state index contributed by atoms with van der Waals surface area (Å²) in [5, 5.41) is 3.21. The maximum Gasteiger partial charge on any atom is 0.408 e. The Hall–Kier alpha value is -2.37. The van der Waals surface area contributed by atoms with Gasteiger partial charge in [0, 0.05) is 12.1 Å². The van der Waals surface area contributed by atoms with E-state index < -0.39 is 5.60 Å². The first-order valence-corrected chi connectivity index (χ1v) is 10.6. The molecule has 6 heteroatoms. The number of carbonyl (C=O) groups is 3. The molecular formula is C23H28N2O4. The first kappa shape index (κ1) is 18.6. The molecule has 4 saturated carbocycles. The lowest BCUT2D eigenvalue weighted by Crippen LogP contribution is -2.52. The number of rotatable bonds is 3. The maximum absolute atomic E-state index is 12.9. The zero-order chi connectivity index (χ0) is 20.6. The predicted molar refractivity (Wildman–Crippen MR) is 106 cm³/mol. The van der Waals surface area contributed by atoms with Gasteiger partial charge in [0.1, 0.15) is 5.60 Å². The summed E-state index contributed by atoms with van der Waals surface area (Å²) in [4.78, 5) is 39.7. The van der Waals surface area contributed by atoms with Crippen molar-refractivity contribution < 1.29 is 19.1 Å². The van der Waals surface area contributed by atoms with Crippen LogP contribution in [0.3, 0.4) is 0 Å². The Bertz CT molecular complexity index is 885. The van der Waals surface area contributed by atoms with E-state index in [9.17, 15) is 14.4 Å². The largest absolute Gasteiger partial charge is 0.444 e. The van der Waals surface area contributed by atoms with Crippen LogP contribution in [0.25, 0.3) is 0 Å². The first-order valence-electron chi connectivity index (χ1n) is 10.6. The minimum atomic E-state index is -0.534. The van der Waals surface area contributed by atoms with Gasteiger partial charge in [0.2, 0.25) is 0 Å². The molecule has 1 heterocycles. The molecule has 6 nitrogen and oxygen atoms in total. The van der Waals surface area contributed by atoms with Crippen molar-refractivity contribution >= 4 is 17.9 Å². The van der Waals surface area contributed by atoms with Gasteiger partial charge in [-0.05, 0) is 82.3 Å². The fraction of sp³-hybridized carbons (Fsp3) is 0.609. The molecule has 4 fully saturated rings. The van der Waals surface area contributed by atoms with E-state index in [1.165, 1.54) is 4.90 Å². The van der Waals surface area contributed by atoms with Crippen molar-refractivity contribution in [3.63, 3.8) is 0 Å². The second-order valence-corrected chi connectivity index (χ2v) is 10.6. The van der Waals surface area contributed by atoms with Gasteiger partial charge in [-0.1, -0.05) is 12.1 Å². The van der Waals surface area contributed by atoms with E-state index in [2.05, 4.69) is 5.32 Å². The van der Waals surface area contributed by atoms with E-state index in [0.29, 0.717) is 29.5 Å². The summed E-state index contributed by atoms with van der Waals surface area (Å²) in [5.74, 6) is 0.560. The molecule has 4 bridgehead atoms. The van der Waals surface area contributed by atoms with Crippen molar-refractivity contribution in [2.75, 3.05) is 6.54 Å². The number of hydrogen-bond donors (Lipinski definition) is 1. The topological polar surface area (TPSA) is 75.7 Å². The van der Waals surface area contributed by atoms with Crippen LogP contribution >= 0.6 is 0 Å². The Morgan fingerprint density at radius 3 is 2.41 bits per heavy atom. The van der Waals surface area contributed by atoms with E-state index in [1.54, 1.807) is 24.3 Å². The third-order valence-corrected chi connectivity index (χ3v) is 7.27. The average Bonchev–Trinajstić information content (AvgIpc) is 3.08. The fourth-order valence-electron chi connectivity index (χ4n) is 6.68. The van der Waals surface area contributed by atoms with Crippen LogP contribution in [0.1, 0.15) is 73.6 Å². The predicted octanol–water partition coefficient (Wildman–Crippen LogP) is 3.76. The van der Waals surface area contributed by atoms with Crippen molar-refractivity contribution in [3.8, 4) is 0 Å². The molecule has 4 unspecified atom stereocenters. The van der Waals surface area contributed by atoms with Gasteiger partial charge in [-0.2, -0.15) is 0 Å². The Balaban J connectivity index is 1.36. The highest BCUT2D eigenvalue weighted by Gasteiger charge is 2.65. The van der Waals surface area contributed by atoms with Crippen LogP contribution in [0.2, 0.25) is 0 Å². The third-order valence-electron chi connectivity index (χ3n) is 7.27. The lowest BCUT2D eigenvalue weighted by molar-refractivity contribution is 0.0350. The number of ether oxygens (including phenoxy) is 1. The van der Waals surface area contributed by atoms with Gasteiger partial charge < -0.3 is 10.1 Å². The number of alkyl carbamates (subject to hydrolysis) is 1. The molecule has 6 rings (SSSR count). The second kappa shape index (κ2) is 5.83. The molecule has 1 aromatic rings. The fourth-order valence-corrected chi connectivity index (χ4v) is 6.68. The molecule has 3 amide bonds. The molecule has 0 aromatic heterocycles. The van der Waals surface area contributed by atoms with Crippen molar-refractivity contribution in [1.82, 2.24) is 10.2 Å². The SMILES string of the molecule is CC(C)(C)OC(=O)NC12CC3CC1CC(CN1C(=O)c4ccccc4C1=O)(C3)C2. The number of nitrogens with zero attached hydrogens (tertiary/aromatic N) is 1. The van der Waals surface area contributed by atoms with Gasteiger partial charge in [0.25, 0.3) is 11.8 Å². The second-order valence-electron chi connectivity index (χ2n) is 10.6. The van der Waals surface area contributed by atoms with Gasteiger partial charge in [0.15, 0.2) is 0 Å². The minimum Gasteiger partial charge on any atom is -0.444 e. The summed E-state index contributed by atoms with van der Waals surface area (Å²) in [6.07, 6.45) is 4.51. The van der Waals surface area contributed by atoms with Crippen LogP contribution in [0.5, 0.6) is 0 Å². The molecule has 4 atom stereocenters. The quantitative estimate of drug-likeness (QED) is 0.790. The van der Waals surface area contributed by atoms with Crippen LogP contribution in [0, 0.1) is 17.3 Å². The van der Waals surface area contributed by atoms with E-state index in [1.807, 2.05) is 20.8 Å². The lowest BCUT2D eigenvalue weighted by Gasteiger charge is -2.42. The van der Waals surface area contributed by atoms with Crippen LogP contribution in [0.15, 0.2) is 24.3 Å². The standard InChI is InChI=1S/C23H28N2O4/c1-21(2,3)29-20(28)24-23-10-14-8-15(23)11-22(9-14,12-23)13-25-18(26)16-6-4-5-7-17(16)19(25)27/h4-7,14-15H,8-13H2,1-3H3,(H,24,28). The van der Waals surface area contributed by atoms with E-state index in [-0.39, 0.29) is 28.9 Å². The number of amides is 3. The van der Waals surface area contributed by atoms with Gasteiger partial charge in [-0.25, -0.2) is 4.79 Å². The minimum absolute atomic E-state index is 0.103. The molecule has 4 aliphatic carbocycles. The monoisotopic (exact) mass is 396 g/mol. The van der Waals surface area contributed by atoms with E-state index in [0.717, 1.165) is 32.1 Å². The number of carbonyl (C=O) groups excluding carboxylic acids is 3. The van der Waals surface area contributed by atoms with Gasteiger partial charge in [0.05, 0.1) is 11.1 Å². The zero-order valence-electron chi connectivity index (χ0n) is 17.3.